The summed E-state index contributed by atoms with van der Waals surface area (Å²) < 4.78 is 26.4. The van der Waals surface area contributed by atoms with Crippen molar-refractivity contribution in [3.63, 3.8) is 0 Å². The standard InChI is InChI=1S/C11H7Cl3N2O2S/c12-7-1-4-11(15-6-7)16-19(17,18)8-2-3-9(13)10(14)5-8/h1-6H,(H,15,16). The van der Waals surface area contributed by atoms with Crippen LogP contribution in [0.1, 0.15) is 0 Å². The SMILES string of the molecule is O=S(=O)(Nc1ccc(Cl)cn1)c1ccc(Cl)c(Cl)c1. The van der Waals surface area contributed by atoms with Crippen molar-refractivity contribution in [1.82, 2.24) is 4.98 Å². The number of benzene rings is 1. The molecule has 2 rings (SSSR count). The summed E-state index contributed by atoms with van der Waals surface area (Å²) in [5.41, 5.74) is 0. The number of hydrogen-bond acceptors (Lipinski definition) is 3. The van der Waals surface area contributed by atoms with Crippen molar-refractivity contribution in [1.29, 1.82) is 0 Å². The van der Waals surface area contributed by atoms with Gasteiger partial charge in [0.2, 0.25) is 0 Å². The molecule has 0 saturated carbocycles. The molecule has 0 radical (unpaired) electrons. The highest BCUT2D eigenvalue weighted by Crippen LogP contribution is 2.25. The lowest BCUT2D eigenvalue weighted by atomic mass is 10.4. The first-order chi connectivity index (χ1) is 8.88. The number of anilines is 1. The molecule has 1 heterocycles. The zero-order chi connectivity index (χ0) is 14.0. The van der Waals surface area contributed by atoms with Gasteiger partial charge in [-0.15, -0.1) is 0 Å². The lowest BCUT2D eigenvalue weighted by Gasteiger charge is -2.08. The van der Waals surface area contributed by atoms with Crippen molar-refractivity contribution in [2.75, 3.05) is 4.72 Å². The van der Waals surface area contributed by atoms with Gasteiger partial charge < -0.3 is 0 Å². The van der Waals surface area contributed by atoms with Crippen LogP contribution in [0.2, 0.25) is 15.1 Å². The minimum Gasteiger partial charge on any atom is -0.263 e. The number of nitrogens with one attached hydrogen (secondary N) is 1. The van der Waals surface area contributed by atoms with Crippen LogP contribution in [0.25, 0.3) is 0 Å². The number of pyridine rings is 1. The molecule has 0 unspecified atom stereocenters. The Morgan fingerprint density at radius 2 is 1.74 bits per heavy atom. The molecule has 8 heteroatoms. The number of sulfonamides is 1. The predicted molar refractivity (Wildman–Crippen MR) is 76.5 cm³/mol. The topological polar surface area (TPSA) is 59.1 Å². The maximum absolute atomic E-state index is 12.1. The smallest absolute Gasteiger partial charge is 0.263 e. The minimum atomic E-state index is -3.76. The highest BCUT2D eigenvalue weighted by molar-refractivity contribution is 7.92. The molecule has 0 atom stereocenters. The minimum absolute atomic E-state index is 0.00125. The van der Waals surface area contributed by atoms with E-state index < -0.39 is 10.0 Å². The molecule has 4 nitrogen and oxygen atoms in total. The summed E-state index contributed by atoms with van der Waals surface area (Å²) >= 11 is 17.2. The van der Waals surface area contributed by atoms with Gasteiger partial charge in [-0.2, -0.15) is 0 Å². The van der Waals surface area contributed by atoms with Crippen molar-refractivity contribution in [3.8, 4) is 0 Å². The maximum atomic E-state index is 12.1. The van der Waals surface area contributed by atoms with Gasteiger partial charge in [0.15, 0.2) is 0 Å². The number of hydrogen-bond donors (Lipinski definition) is 1. The van der Waals surface area contributed by atoms with Crippen LogP contribution in [-0.2, 0) is 10.0 Å². The van der Waals surface area contributed by atoms with Crippen molar-refractivity contribution < 1.29 is 8.42 Å². The van der Waals surface area contributed by atoms with Crippen LogP contribution in [-0.4, -0.2) is 13.4 Å². The number of halogens is 3. The van der Waals surface area contributed by atoms with Crippen molar-refractivity contribution in [3.05, 3.63) is 51.6 Å². The lowest BCUT2D eigenvalue weighted by Crippen LogP contribution is -2.13. The third-order valence-corrected chi connectivity index (χ3v) is 4.48. The van der Waals surface area contributed by atoms with Gasteiger partial charge in [0.05, 0.1) is 20.0 Å². The van der Waals surface area contributed by atoms with Crippen LogP contribution in [0, 0.1) is 0 Å². The van der Waals surface area contributed by atoms with E-state index in [0.717, 1.165) is 0 Å². The summed E-state index contributed by atoms with van der Waals surface area (Å²) in [7, 11) is -3.76. The molecular weight excluding hydrogens is 331 g/mol. The Hall–Kier alpha value is -1.01. The fraction of sp³-hybridized carbons (Fsp3) is 0. The zero-order valence-electron chi connectivity index (χ0n) is 9.27. The molecule has 0 aliphatic carbocycles. The number of aromatic nitrogens is 1. The van der Waals surface area contributed by atoms with E-state index in [1.54, 1.807) is 0 Å². The molecule has 1 aromatic heterocycles. The van der Waals surface area contributed by atoms with Gasteiger partial charge in [0, 0.05) is 6.20 Å². The van der Waals surface area contributed by atoms with Crippen LogP contribution >= 0.6 is 34.8 Å². The molecule has 19 heavy (non-hydrogen) atoms. The molecule has 2 aromatic rings. The quantitative estimate of drug-likeness (QED) is 0.925. The lowest BCUT2D eigenvalue weighted by molar-refractivity contribution is 0.601. The molecule has 1 N–H and O–H groups in total. The molecule has 0 fully saturated rings. The Balaban J connectivity index is 2.32. The third-order valence-electron chi connectivity index (χ3n) is 2.17. The summed E-state index contributed by atoms with van der Waals surface area (Å²) in [6.45, 7) is 0. The third kappa shape index (κ3) is 3.51. The largest absolute Gasteiger partial charge is 0.263 e. The summed E-state index contributed by atoms with van der Waals surface area (Å²) in [6, 6.07) is 7.01. The van der Waals surface area contributed by atoms with Crippen molar-refractivity contribution in [2.24, 2.45) is 0 Å². The molecule has 0 amide bonds. The monoisotopic (exact) mass is 336 g/mol. The summed E-state index contributed by atoms with van der Waals surface area (Å²) in [4.78, 5) is 3.85. The van der Waals surface area contributed by atoms with Crippen molar-refractivity contribution >= 4 is 50.6 Å². The second kappa shape index (κ2) is 5.54. The van der Waals surface area contributed by atoms with Gasteiger partial charge in [-0.3, -0.25) is 4.72 Å². The highest BCUT2D eigenvalue weighted by Gasteiger charge is 2.16. The Bertz CT molecular complexity index is 702. The van der Waals surface area contributed by atoms with E-state index in [-0.39, 0.29) is 20.8 Å². The van der Waals surface area contributed by atoms with Crippen LogP contribution in [0.4, 0.5) is 5.82 Å². The van der Waals surface area contributed by atoms with E-state index in [0.29, 0.717) is 5.02 Å². The first kappa shape index (κ1) is 14.4. The van der Waals surface area contributed by atoms with E-state index in [1.165, 1.54) is 36.5 Å². The molecule has 0 aliphatic rings. The second-order valence-electron chi connectivity index (χ2n) is 3.54. The maximum Gasteiger partial charge on any atom is 0.263 e. The van der Waals surface area contributed by atoms with Crippen LogP contribution in [0.3, 0.4) is 0 Å². The molecule has 0 spiro atoms. The van der Waals surface area contributed by atoms with Gasteiger partial charge in [0.1, 0.15) is 5.82 Å². The van der Waals surface area contributed by atoms with E-state index in [9.17, 15) is 8.42 Å². The fourth-order valence-corrected chi connectivity index (χ4v) is 2.79. The Labute approximate surface area is 125 Å². The van der Waals surface area contributed by atoms with E-state index in [2.05, 4.69) is 9.71 Å². The normalized spacial score (nSPS) is 11.3. The summed E-state index contributed by atoms with van der Waals surface area (Å²) in [5, 5.41) is 0.858. The molecule has 100 valence electrons. The molecule has 0 saturated heterocycles. The summed E-state index contributed by atoms with van der Waals surface area (Å²) in [6.07, 6.45) is 1.34. The molecular formula is C11H7Cl3N2O2S. The van der Waals surface area contributed by atoms with Crippen LogP contribution in [0.5, 0.6) is 0 Å². The van der Waals surface area contributed by atoms with Crippen LogP contribution in [0.15, 0.2) is 41.4 Å². The van der Waals surface area contributed by atoms with E-state index in [4.69, 9.17) is 34.8 Å². The van der Waals surface area contributed by atoms with Gasteiger partial charge in [-0.05, 0) is 30.3 Å². The Morgan fingerprint density at radius 3 is 2.32 bits per heavy atom. The van der Waals surface area contributed by atoms with E-state index >= 15 is 0 Å². The average Bonchev–Trinajstić information content (AvgIpc) is 2.35. The molecule has 1 aromatic carbocycles. The predicted octanol–water partition coefficient (Wildman–Crippen LogP) is 3.84. The van der Waals surface area contributed by atoms with Crippen molar-refractivity contribution in [2.45, 2.75) is 4.90 Å². The second-order valence-corrected chi connectivity index (χ2v) is 6.48. The fourth-order valence-electron chi connectivity index (χ4n) is 1.28. The van der Waals surface area contributed by atoms with Gasteiger partial charge >= 0.3 is 0 Å². The van der Waals surface area contributed by atoms with Crippen LogP contribution < -0.4 is 4.72 Å². The number of rotatable bonds is 3. The molecule has 0 aliphatic heterocycles. The highest BCUT2D eigenvalue weighted by atomic mass is 35.5. The average molecular weight is 338 g/mol. The van der Waals surface area contributed by atoms with Gasteiger partial charge in [0.25, 0.3) is 10.0 Å². The first-order valence-corrected chi connectivity index (χ1v) is 7.59. The van der Waals surface area contributed by atoms with Gasteiger partial charge in [-0.25, -0.2) is 13.4 Å². The zero-order valence-corrected chi connectivity index (χ0v) is 12.4. The summed E-state index contributed by atoms with van der Waals surface area (Å²) in [5.74, 6) is 0.162. The molecule has 0 bridgehead atoms. The Morgan fingerprint density at radius 1 is 1.00 bits per heavy atom. The number of nitrogens with zero attached hydrogens (tertiary/aromatic N) is 1. The van der Waals surface area contributed by atoms with E-state index in [1.807, 2.05) is 0 Å². The van der Waals surface area contributed by atoms with Gasteiger partial charge in [-0.1, -0.05) is 34.8 Å². The first-order valence-electron chi connectivity index (χ1n) is 4.98. The Kier molecular flexibility index (Phi) is 4.20.